The minimum Gasteiger partial charge on any atom is -0.347 e. The number of nitrogens with one attached hydrogen (secondary N) is 2. The SMILES string of the molecule is Cc1nc(N2CCC(NCc3ccc(I)cc3)C2=O)sc1C(=O)NCc1ccc(F)cc1. The average molecular weight is 564 g/mol. The lowest BCUT2D eigenvalue weighted by molar-refractivity contribution is -0.118. The van der Waals surface area contributed by atoms with Crippen molar-refractivity contribution in [2.45, 2.75) is 32.5 Å². The summed E-state index contributed by atoms with van der Waals surface area (Å²) in [5.41, 5.74) is 2.52. The fourth-order valence-electron chi connectivity index (χ4n) is 3.48. The number of carbonyl (C=O) groups excluding carboxylic acids is 2. The van der Waals surface area contributed by atoms with E-state index in [2.05, 4.69) is 38.2 Å². The predicted octanol–water partition coefficient (Wildman–Crippen LogP) is 4.02. The molecule has 0 spiro atoms. The summed E-state index contributed by atoms with van der Waals surface area (Å²) in [7, 11) is 0. The average Bonchev–Trinajstić information content (AvgIpc) is 3.35. The van der Waals surface area contributed by atoms with E-state index >= 15 is 0 Å². The first-order chi connectivity index (χ1) is 15.4. The van der Waals surface area contributed by atoms with Gasteiger partial charge >= 0.3 is 0 Å². The van der Waals surface area contributed by atoms with Crippen molar-refractivity contribution >= 4 is 50.9 Å². The number of amides is 2. The molecule has 1 saturated heterocycles. The molecule has 0 aliphatic carbocycles. The van der Waals surface area contributed by atoms with Crippen LogP contribution in [0.15, 0.2) is 48.5 Å². The Balaban J connectivity index is 1.36. The van der Waals surface area contributed by atoms with Crippen LogP contribution in [0.2, 0.25) is 0 Å². The normalized spacial score (nSPS) is 15.9. The summed E-state index contributed by atoms with van der Waals surface area (Å²) in [5, 5.41) is 6.71. The number of nitrogens with zero attached hydrogens (tertiary/aromatic N) is 2. The zero-order valence-corrected chi connectivity index (χ0v) is 20.4. The molecule has 2 amide bonds. The molecule has 2 heterocycles. The summed E-state index contributed by atoms with van der Waals surface area (Å²) in [5.74, 6) is -0.595. The van der Waals surface area contributed by atoms with E-state index in [1.807, 2.05) is 24.3 Å². The lowest BCUT2D eigenvalue weighted by atomic mass is 10.2. The highest BCUT2D eigenvalue weighted by Gasteiger charge is 2.34. The van der Waals surface area contributed by atoms with E-state index in [1.165, 1.54) is 27.0 Å². The van der Waals surface area contributed by atoms with Gasteiger partial charge in [-0.2, -0.15) is 0 Å². The molecule has 1 aliphatic heterocycles. The van der Waals surface area contributed by atoms with Gasteiger partial charge in [-0.3, -0.25) is 14.5 Å². The lowest BCUT2D eigenvalue weighted by Crippen LogP contribution is -2.37. The largest absolute Gasteiger partial charge is 0.347 e. The molecule has 1 atom stereocenters. The van der Waals surface area contributed by atoms with Crippen molar-refractivity contribution in [1.29, 1.82) is 0 Å². The molecular formula is C23H22FIN4O2S. The van der Waals surface area contributed by atoms with Gasteiger partial charge in [-0.25, -0.2) is 9.37 Å². The molecule has 1 unspecified atom stereocenters. The highest BCUT2D eigenvalue weighted by molar-refractivity contribution is 14.1. The van der Waals surface area contributed by atoms with Crippen molar-refractivity contribution < 1.29 is 14.0 Å². The van der Waals surface area contributed by atoms with Gasteiger partial charge in [0.25, 0.3) is 5.91 Å². The molecule has 0 bridgehead atoms. The van der Waals surface area contributed by atoms with E-state index in [4.69, 9.17) is 0 Å². The molecule has 32 heavy (non-hydrogen) atoms. The molecule has 0 saturated carbocycles. The standard InChI is InChI=1S/C23H22FIN4O2S/c1-14-20(21(30)27-13-15-2-6-17(24)7-3-15)32-23(28-14)29-11-10-19(22(29)31)26-12-16-4-8-18(25)9-5-16/h2-9,19,26H,10-13H2,1H3,(H,27,30). The van der Waals surface area contributed by atoms with Crippen LogP contribution in [0, 0.1) is 16.3 Å². The van der Waals surface area contributed by atoms with Crippen LogP contribution < -0.4 is 15.5 Å². The molecule has 1 fully saturated rings. The number of anilines is 1. The Labute approximate surface area is 203 Å². The number of rotatable bonds is 7. The van der Waals surface area contributed by atoms with Crippen LogP contribution in [0.4, 0.5) is 9.52 Å². The van der Waals surface area contributed by atoms with Crippen LogP contribution in [0.1, 0.15) is 32.9 Å². The van der Waals surface area contributed by atoms with Crippen molar-refractivity contribution in [2.75, 3.05) is 11.4 Å². The number of hydrogen-bond acceptors (Lipinski definition) is 5. The zero-order valence-electron chi connectivity index (χ0n) is 17.4. The third-order valence-corrected chi connectivity index (χ3v) is 7.16. The highest BCUT2D eigenvalue weighted by Crippen LogP contribution is 2.29. The minimum atomic E-state index is -0.315. The summed E-state index contributed by atoms with van der Waals surface area (Å²) in [6.07, 6.45) is 0.688. The molecule has 6 nitrogen and oxygen atoms in total. The topological polar surface area (TPSA) is 74.3 Å². The Morgan fingerprint density at radius 2 is 1.81 bits per heavy atom. The summed E-state index contributed by atoms with van der Waals surface area (Å²) < 4.78 is 14.2. The fraction of sp³-hybridized carbons (Fsp3) is 0.261. The number of hydrogen-bond donors (Lipinski definition) is 2. The van der Waals surface area contributed by atoms with Gasteiger partial charge in [0, 0.05) is 23.2 Å². The highest BCUT2D eigenvalue weighted by atomic mass is 127. The molecule has 166 valence electrons. The molecule has 0 radical (unpaired) electrons. The van der Waals surface area contributed by atoms with Gasteiger partial charge in [0.1, 0.15) is 10.7 Å². The lowest BCUT2D eigenvalue weighted by Gasteiger charge is -2.14. The molecule has 2 aromatic carbocycles. The van der Waals surface area contributed by atoms with Gasteiger partial charge in [-0.05, 0) is 71.3 Å². The number of benzene rings is 2. The number of halogens is 2. The number of thiazole rings is 1. The Morgan fingerprint density at radius 3 is 2.53 bits per heavy atom. The Morgan fingerprint density at radius 1 is 1.16 bits per heavy atom. The van der Waals surface area contributed by atoms with Crippen molar-refractivity contribution in [3.05, 3.63) is 79.6 Å². The second-order valence-corrected chi connectivity index (χ2v) is 9.78. The summed E-state index contributed by atoms with van der Waals surface area (Å²) >= 11 is 3.48. The molecule has 2 N–H and O–H groups in total. The third-order valence-electron chi connectivity index (χ3n) is 5.26. The van der Waals surface area contributed by atoms with Crippen molar-refractivity contribution in [1.82, 2.24) is 15.6 Å². The number of carbonyl (C=O) groups is 2. The first-order valence-electron chi connectivity index (χ1n) is 10.2. The molecule has 9 heteroatoms. The van der Waals surface area contributed by atoms with E-state index in [0.717, 1.165) is 11.1 Å². The third kappa shape index (κ3) is 5.33. The monoisotopic (exact) mass is 564 g/mol. The van der Waals surface area contributed by atoms with Gasteiger partial charge in [-0.1, -0.05) is 35.6 Å². The molecule has 3 aromatic rings. The predicted molar refractivity (Wildman–Crippen MR) is 131 cm³/mol. The van der Waals surface area contributed by atoms with Crippen molar-refractivity contribution in [3.63, 3.8) is 0 Å². The van der Waals surface area contributed by atoms with Gasteiger partial charge in [0.05, 0.1) is 11.7 Å². The Bertz CT molecular complexity index is 1120. The minimum absolute atomic E-state index is 0.0254. The van der Waals surface area contributed by atoms with E-state index < -0.39 is 0 Å². The summed E-state index contributed by atoms with van der Waals surface area (Å²) in [4.78, 5) is 32.1. The van der Waals surface area contributed by atoms with Crippen LogP contribution >= 0.6 is 33.9 Å². The van der Waals surface area contributed by atoms with Crippen LogP contribution in [0.25, 0.3) is 0 Å². The van der Waals surface area contributed by atoms with Gasteiger partial charge in [0.15, 0.2) is 5.13 Å². The van der Waals surface area contributed by atoms with Crippen LogP contribution in [-0.2, 0) is 17.9 Å². The van der Waals surface area contributed by atoms with Gasteiger partial charge in [-0.15, -0.1) is 0 Å². The fourth-order valence-corrected chi connectivity index (χ4v) is 4.85. The second-order valence-electron chi connectivity index (χ2n) is 7.56. The number of aromatic nitrogens is 1. The van der Waals surface area contributed by atoms with Crippen LogP contribution in [0.5, 0.6) is 0 Å². The molecule has 1 aromatic heterocycles. The van der Waals surface area contributed by atoms with Gasteiger partial charge < -0.3 is 10.6 Å². The number of aryl methyl sites for hydroxylation is 1. The van der Waals surface area contributed by atoms with Crippen molar-refractivity contribution in [3.8, 4) is 0 Å². The summed E-state index contributed by atoms with van der Waals surface area (Å²) in [6.45, 7) is 3.24. The maximum Gasteiger partial charge on any atom is 0.263 e. The van der Waals surface area contributed by atoms with E-state index in [1.54, 1.807) is 24.0 Å². The van der Waals surface area contributed by atoms with E-state index in [0.29, 0.717) is 41.8 Å². The maximum atomic E-state index is 13.0. The molecular weight excluding hydrogens is 542 g/mol. The smallest absolute Gasteiger partial charge is 0.263 e. The molecule has 1 aliphatic rings. The Hall–Kier alpha value is -2.37. The molecule has 4 rings (SSSR count). The van der Waals surface area contributed by atoms with Gasteiger partial charge in [0.2, 0.25) is 5.91 Å². The van der Waals surface area contributed by atoms with E-state index in [-0.39, 0.29) is 23.7 Å². The van der Waals surface area contributed by atoms with Crippen LogP contribution in [-0.4, -0.2) is 29.4 Å². The summed E-state index contributed by atoms with van der Waals surface area (Å²) in [6, 6.07) is 13.9. The maximum absolute atomic E-state index is 13.0. The Kier molecular flexibility index (Phi) is 7.17. The zero-order chi connectivity index (χ0) is 22.7. The first-order valence-corrected chi connectivity index (χ1v) is 12.1. The first kappa shape index (κ1) is 22.8. The van der Waals surface area contributed by atoms with Crippen LogP contribution in [0.3, 0.4) is 0 Å². The quantitative estimate of drug-likeness (QED) is 0.426. The van der Waals surface area contributed by atoms with Crippen molar-refractivity contribution in [2.24, 2.45) is 0 Å². The van der Waals surface area contributed by atoms with E-state index in [9.17, 15) is 14.0 Å². The second kappa shape index (κ2) is 10.1.